The van der Waals surface area contributed by atoms with E-state index < -0.39 is 0 Å². The van der Waals surface area contributed by atoms with Crippen molar-refractivity contribution < 1.29 is 4.79 Å². The zero-order valence-corrected chi connectivity index (χ0v) is 12.0. The monoisotopic (exact) mass is 281 g/mol. The third kappa shape index (κ3) is 2.37. The number of carbonyl (C=O) groups excluding carboxylic acids is 1. The van der Waals surface area contributed by atoms with E-state index in [9.17, 15) is 4.79 Å². The number of thioether (sulfide) groups is 1. The standard InChI is InChI=1S/C17H15NOS/c1-13(14-7-3-2-4-8-14)18-11-12-20-16-10-6-5-9-15(16)17(18)19/h2-13H,1H3. The van der Waals surface area contributed by atoms with Gasteiger partial charge in [-0.15, -0.1) is 0 Å². The molecule has 1 aliphatic rings. The summed E-state index contributed by atoms with van der Waals surface area (Å²) in [7, 11) is 0. The first-order valence-electron chi connectivity index (χ1n) is 6.57. The van der Waals surface area contributed by atoms with Crippen molar-refractivity contribution in [3.63, 3.8) is 0 Å². The molecule has 0 N–H and O–H groups in total. The summed E-state index contributed by atoms with van der Waals surface area (Å²) < 4.78 is 0. The predicted molar refractivity (Wildman–Crippen MR) is 82.5 cm³/mol. The molecule has 2 nitrogen and oxygen atoms in total. The van der Waals surface area contributed by atoms with Crippen LogP contribution in [0.25, 0.3) is 0 Å². The lowest BCUT2D eigenvalue weighted by molar-refractivity contribution is 0.0775. The van der Waals surface area contributed by atoms with Crippen molar-refractivity contribution in [1.29, 1.82) is 0 Å². The summed E-state index contributed by atoms with van der Waals surface area (Å²) >= 11 is 1.59. The van der Waals surface area contributed by atoms with Crippen molar-refractivity contribution in [2.75, 3.05) is 0 Å². The average Bonchev–Trinajstić information content (AvgIpc) is 2.67. The van der Waals surface area contributed by atoms with Crippen LogP contribution in [0.3, 0.4) is 0 Å². The minimum absolute atomic E-state index is 0.0201. The summed E-state index contributed by atoms with van der Waals surface area (Å²) in [5.41, 5.74) is 1.90. The minimum Gasteiger partial charge on any atom is -0.307 e. The van der Waals surface area contributed by atoms with Gasteiger partial charge in [0.25, 0.3) is 5.91 Å². The molecule has 1 atom stereocenters. The van der Waals surface area contributed by atoms with Gasteiger partial charge < -0.3 is 4.90 Å². The van der Waals surface area contributed by atoms with Crippen molar-refractivity contribution in [1.82, 2.24) is 4.90 Å². The molecular weight excluding hydrogens is 266 g/mol. The number of hydrogen-bond acceptors (Lipinski definition) is 2. The molecule has 100 valence electrons. The minimum atomic E-state index is 0.0201. The third-order valence-corrected chi connectivity index (χ3v) is 4.34. The highest BCUT2D eigenvalue weighted by Gasteiger charge is 2.24. The second kappa shape index (κ2) is 5.55. The zero-order valence-electron chi connectivity index (χ0n) is 11.2. The number of benzene rings is 2. The Morgan fingerprint density at radius 3 is 2.50 bits per heavy atom. The van der Waals surface area contributed by atoms with Gasteiger partial charge in [0.15, 0.2) is 0 Å². The van der Waals surface area contributed by atoms with Gasteiger partial charge in [0.1, 0.15) is 0 Å². The fourth-order valence-electron chi connectivity index (χ4n) is 2.32. The lowest BCUT2D eigenvalue weighted by atomic mass is 10.1. The smallest absolute Gasteiger partial charge is 0.259 e. The van der Waals surface area contributed by atoms with E-state index in [-0.39, 0.29) is 11.9 Å². The zero-order chi connectivity index (χ0) is 13.9. The van der Waals surface area contributed by atoms with Crippen LogP contribution in [0.1, 0.15) is 28.9 Å². The Morgan fingerprint density at radius 2 is 1.70 bits per heavy atom. The van der Waals surface area contributed by atoms with Crippen molar-refractivity contribution in [3.05, 3.63) is 77.3 Å². The Balaban J connectivity index is 1.97. The van der Waals surface area contributed by atoms with Crippen LogP contribution < -0.4 is 0 Å². The summed E-state index contributed by atoms with van der Waals surface area (Å²) in [5, 5.41) is 1.98. The molecule has 0 spiro atoms. The highest BCUT2D eigenvalue weighted by atomic mass is 32.2. The van der Waals surface area contributed by atoms with Crippen LogP contribution in [0, 0.1) is 0 Å². The Kier molecular flexibility index (Phi) is 3.61. The van der Waals surface area contributed by atoms with Gasteiger partial charge in [-0.3, -0.25) is 4.79 Å². The van der Waals surface area contributed by atoms with Crippen molar-refractivity contribution in [2.45, 2.75) is 17.9 Å². The normalized spacial score (nSPS) is 15.7. The SMILES string of the molecule is CC(c1ccccc1)N1C=CSc2ccccc2C1=O. The van der Waals surface area contributed by atoms with E-state index in [0.29, 0.717) is 0 Å². The van der Waals surface area contributed by atoms with Gasteiger partial charge in [-0.25, -0.2) is 0 Å². The molecule has 1 amide bonds. The second-order valence-corrected chi connectivity index (χ2v) is 5.65. The van der Waals surface area contributed by atoms with Gasteiger partial charge in [0.05, 0.1) is 11.6 Å². The van der Waals surface area contributed by atoms with E-state index in [1.54, 1.807) is 16.7 Å². The number of fused-ring (bicyclic) bond motifs is 1. The van der Waals surface area contributed by atoms with Crippen LogP contribution >= 0.6 is 11.8 Å². The van der Waals surface area contributed by atoms with Crippen LogP contribution in [0.2, 0.25) is 0 Å². The second-order valence-electron chi connectivity index (χ2n) is 4.70. The van der Waals surface area contributed by atoms with Crippen LogP contribution in [0.15, 0.2) is 71.1 Å². The lowest BCUT2D eigenvalue weighted by Gasteiger charge is -2.25. The average molecular weight is 281 g/mol. The van der Waals surface area contributed by atoms with Crippen molar-refractivity contribution >= 4 is 17.7 Å². The van der Waals surface area contributed by atoms with Crippen LogP contribution in [0.5, 0.6) is 0 Å². The summed E-state index contributed by atoms with van der Waals surface area (Å²) in [6.45, 7) is 2.05. The molecule has 3 heteroatoms. The van der Waals surface area contributed by atoms with Gasteiger partial charge in [0.2, 0.25) is 0 Å². The van der Waals surface area contributed by atoms with Gasteiger partial charge in [-0.2, -0.15) is 0 Å². The lowest BCUT2D eigenvalue weighted by Crippen LogP contribution is -2.28. The molecule has 0 saturated heterocycles. The van der Waals surface area contributed by atoms with Crippen LogP contribution in [-0.4, -0.2) is 10.8 Å². The van der Waals surface area contributed by atoms with Crippen molar-refractivity contribution in [3.8, 4) is 0 Å². The molecule has 1 heterocycles. The van der Waals surface area contributed by atoms with E-state index in [0.717, 1.165) is 16.0 Å². The van der Waals surface area contributed by atoms with E-state index >= 15 is 0 Å². The van der Waals surface area contributed by atoms with Crippen LogP contribution in [-0.2, 0) is 0 Å². The van der Waals surface area contributed by atoms with E-state index in [2.05, 4.69) is 19.1 Å². The van der Waals surface area contributed by atoms with Gasteiger partial charge in [-0.05, 0) is 30.0 Å². The van der Waals surface area contributed by atoms with Gasteiger partial charge >= 0.3 is 0 Å². The molecule has 20 heavy (non-hydrogen) atoms. The number of amides is 1. The maximum atomic E-state index is 12.7. The number of nitrogens with zero attached hydrogens (tertiary/aromatic N) is 1. The molecular formula is C17H15NOS. The molecule has 2 aromatic carbocycles. The number of carbonyl (C=O) groups is 1. The van der Waals surface area contributed by atoms with E-state index in [4.69, 9.17) is 0 Å². The maximum absolute atomic E-state index is 12.7. The fraction of sp³-hybridized carbons (Fsp3) is 0.118. The number of hydrogen-bond donors (Lipinski definition) is 0. The summed E-state index contributed by atoms with van der Waals surface area (Å²) in [5.74, 6) is 0.0539. The Morgan fingerprint density at radius 1 is 1.00 bits per heavy atom. The molecule has 0 aliphatic carbocycles. The van der Waals surface area contributed by atoms with Gasteiger partial charge in [-0.1, -0.05) is 54.2 Å². The van der Waals surface area contributed by atoms with E-state index in [1.165, 1.54) is 0 Å². The fourth-order valence-corrected chi connectivity index (χ4v) is 3.10. The first-order valence-corrected chi connectivity index (χ1v) is 7.45. The summed E-state index contributed by atoms with van der Waals surface area (Å²) in [6.07, 6.45) is 1.88. The molecule has 1 aliphatic heterocycles. The summed E-state index contributed by atoms with van der Waals surface area (Å²) in [4.78, 5) is 15.5. The molecule has 2 aromatic rings. The molecule has 0 aromatic heterocycles. The summed E-state index contributed by atoms with van der Waals surface area (Å²) in [6, 6.07) is 17.9. The first kappa shape index (κ1) is 13.0. The molecule has 0 saturated carbocycles. The molecule has 0 fully saturated rings. The highest BCUT2D eigenvalue weighted by molar-refractivity contribution is 8.02. The Labute approximate surface area is 123 Å². The molecule has 0 bridgehead atoms. The largest absolute Gasteiger partial charge is 0.307 e. The van der Waals surface area contributed by atoms with Crippen molar-refractivity contribution in [2.24, 2.45) is 0 Å². The highest BCUT2D eigenvalue weighted by Crippen LogP contribution is 2.32. The third-order valence-electron chi connectivity index (χ3n) is 3.47. The maximum Gasteiger partial charge on any atom is 0.259 e. The molecule has 0 radical (unpaired) electrons. The topological polar surface area (TPSA) is 20.3 Å². The number of rotatable bonds is 2. The van der Waals surface area contributed by atoms with Gasteiger partial charge in [0, 0.05) is 11.1 Å². The van der Waals surface area contributed by atoms with E-state index in [1.807, 2.05) is 54.1 Å². The Hall–Kier alpha value is -2.00. The molecule has 1 unspecified atom stereocenters. The first-order chi connectivity index (χ1) is 9.77. The quantitative estimate of drug-likeness (QED) is 0.809. The predicted octanol–water partition coefficient (Wildman–Crippen LogP) is 4.47. The molecule has 3 rings (SSSR count). The Bertz CT molecular complexity index is 651. The van der Waals surface area contributed by atoms with Crippen LogP contribution in [0.4, 0.5) is 0 Å².